The van der Waals surface area contributed by atoms with E-state index in [1.807, 2.05) is 138 Å². The highest BCUT2D eigenvalue weighted by Gasteiger charge is 2.22. The predicted molar refractivity (Wildman–Crippen MR) is 359 cm³/mol. The smallest absolute Gasteiger partial charge is 0.311 e. The number of thioether (sulfide) groups is 1. The lowest BCUT2D eigenvalue weighted by Crippen LogP contribution is -2.35. The molecular formula is C70H141NO13S. The molecule has 0 aliphatic carbocycles. The van der Waals surface area contributed by atoms with Gasteiger partial charge in [0.15, 0.2) is 0 Å². The van der Waals surface area contributed by atoms with Gasteiger partial charge in [0.2, 0.25) is 12.2 Å². The Balaban J connectivity index is -0.000000221. The average Bonchev–Trinajstić information content (AvgIpc) is 3.30. The van der Waals surface area contributed by atoms with Crippen molar-refractivity contribution < 1.29 is 62.3 Å². The van der Waals surface area contributed by atoms with Gasteiger partial charge in [-0.05, 0) is 149 Å². The summed E-state index contributed by atoms with van der Waals surface area (Å²) < 4.78 is 31.0. The standard InChI is InChI=1S/C15H28O2.C14H30S.C12H25NO2.C11H24O3.C10H18O4.C8H16O2/c1-12(2)14(16)10-8-6-5-7-9-11-15(17)13(3)4;1-13(2,3)9-7-11-15-12-8-10-14(4,5)6;1-11(2,3)10(14)13-8-7-9-15-12(4,5)6;1-10(2,3)13-7-9(12)8-14-11(4,5)6;1-6(2)9(11)13-8(5)14-10(12)7(3)4;1-6(2)5-8(9)10-7(3)4/h12-13H,5-11H2,1-4H3;7-12H2,1-6H3;7-9H2,1-6H3,(H,13,14);9,12H,7-8H2,1-6H3;6-8H,1-5H3;6-7H,5H2,1-4H3. The minimum absolute atomic E-state index is 0.0197. The van der Waals surface area contributed by atoms with Crippen LogP contribution in [0.2, 0.25) is 0 Å². The molecule has 0 aromatic rings. The van der Waals surface area contributed by atoms with Crippen LogP contribution in [0.15, 0.2) is 0 Å². The highest BCUT2D eigenvalue weighted by Crippen LogP contribution is 2.25. The number of Topliss-reactive ketones (excluding diaryl/α,β-unsaturated/α-hetero) is 2. The number of hydrogen-bond acceptors (Lipinski definition) is 14. The quantitative estimate of drug-likeness (QED) is 0.0379. The number of carbonyl (C=O) groups excluding carboxylic acids is 6. The Morgan fingerprint density at radius 2 is 0.800 bits per heavy atom. The summed E-state index contributed by atoms with van der Waals surface area (Å²) in [6, 6.07) is 0. The Labute approximate surface area is 529 Å². The van der Waals surface area contributed by atoms with Crippen molar-refractivity contribution in [3.05, 3.63) is 0 Å². The van der Waals surface area contributed by atoms with E-state index in [0.717, 1.165) is 51.4 Å². The summed E-state index contributed by atoms with van der Waals surface area (Å²) in [7, 11) is 0. The molecule has 0 saturated heterocycles. The third kappa shape index (κ3) is 83.5. The monoisotopic (exact) mass is 1240 g/mol. The van der Waals surface area contributed by atoms with Gasteiger partial charge in [0.25, 0.3) is 0 Å². The molecule has 0 radical (unpaired) electrons. The number of ketones is 2. The van der Waals surface area contributed by atoms with Crippen LogP contribution in [0.3, 0.4) is 0 Å². The minimum Gasteiger partial charge on any atom is -0.463 e. The fourth-order valence-corrected chi connectivity index (χ4v) is 7.04. The molecule has 0 atom stereocenters. The molecule has 0 rings (SSSR count). The second-order valence-electron chi connectivity index (χ2n) is 30.7. The molecule has 0 aliphatic heterocycles. The zero-order chi connectivity index (χ0) is 68.2. The molecule has 0 unspecified atom stereocenters. The largest absolute Gasteiger partial charge is 0.463 e. The number of nitrogens with one attached hydrogen (secondary N) is 1. The topological polar surface area (TPSA) is 190 Å². The van der Waals surface area contributed by atoms with Crippen LogP contribution < -0.4 is 5.32 Å². The summed E-state index contributed by atoms with van der Waals surface area (Å²) in [6.45, 7) is 63.6. The predicted octanol–water partition coefficient (Wildman–Crippen LogP) is 17.6. The van der Waals surface area contributed by atoms with Gasteiger partial charge in [-0.25, -0.2) is 0 Å². The SMILES string of the molecule is CC(C)(C)CCCSCCCC(C)(C)C.CC(C)(C)OCC(O)COC(C)(C)C.CC(C)(C)OCCCNC(=O)C(C)(C)C.CC(C)C(=O)CCCCCCCC(=O)C(C)C.CC(C)CC(=O)OC(C)C.CC(OC(=O)C(C)C)OC(=O)C(C)C. The first kappa shape index (κ1) is 93.5. The molecule has 15 heteroatoms. The van der Waals surface area contributed by atoms with Crippen LogP contribution in [0.25, 0.3) is 0 Å². The number of aliphatic hydroxyl groups is 1. The van der Waals surface area contributed by atoms with Crippen molar-refractivity contribution in [1.82, 2.24) is 5.32 Å². The molecule has 2 N–H and O–H groups in total. The Hall–Kier alpha value is -2.59. The highest BCUT2D eigenvalue weighted by atomic mass is 32.2. The second kappa shape index (κ2) is 50.2. The summed E-state index contributed by atoms with van der Waals surface area (Å²) in [5.74, 6) is 3.04. The van der Waals surface area contributed by atoms with E-state index in [-0.39, 0.29) is 75.8 Å². The maximum Gasteiger partial charge on any atom is 0.311 e. The molecule has 0 heterocycles. The molecule has 1 amide bonds. The molecule has 0 bridgehead atoms. The van der Waals surface area contributed by atoms with Crippen LogP contribution in [0.1, 0.15) is 298 Å². The van der Waals surface area contributed by atoms with E-state index >= 15 is 0 Å². The molecule has 14 nitrogen and oxygen atoms in total. The van der Waals surface area contributed by atoms with Crippen molar-refractivity contribution in [1.29, 1.82) is 0 Å². The van der Waals surface area contributed by atoms with Crippen LogP contribution >= 0.6 is 11.8 Å². The van der Waals surface area contributed by atoms with Crippen molar-refractivity contribution in [3.8, 4) is 0 Å². The van der Waals surface area contributed by atoms with Gasteiger partial charge < -0.3 is 38.8 Å². The van der Waals surface area contributed by atoms with Gasteiger partial charge in [-0.2, -0.15) is 11.8 Å². The van der Waals surface area contributed by atoms with Gasteiger partial charge in [-0.3, -0.25) is 28.8 Å². The molecular weight excluding hydrogens is 1090 g/mol. The van der Waals surface area contributed by atoms with E-state index < -0.39 is 12.4 Å². The van der Waals surface area contributed by atoms with Crippen LogP contribution in [0.4, 0.5) is 0 Å². The number of amides is 1. The summed E-state index contributed by atoms with van der Waals surface area (Å²) in [5.41, 5.74) is 0.238. The van der Waals surface area contributed by atoms with Crippen molar-refractivity contribution in [2.24, 2.45) is 45.8 Å². The first-order chi connectivity index (χ1) is 38.2. The maximum absolute atomic E-state index is 11.5. The summed E-state index contributed by atoms with van der Waals surface area (Å²) in [5, 5.41) is 12.4. The van der Waals surface area contributed by atoms with Crippen molar-refractivity contribution in [3.63, 3.8) is 0 Å². The number of hydrogen-bond donors (Lipinski definition) is 2. The number of esters is 3. The lowest BCUT2D eigenvalue weighted by atomic mass is 9.91. The maximum atomic E-state index is 11.5. The third-order valence-electron chi connectivity index (χ3n) is 11.3. The van der Waals surface area contributed by atoms with Gasteiger partial charge in [0.1, 0.15) is 17.7 Å². The molecule has 0 aromatic carbocycles. The van der Waals surface area contributed by atoms with E-state index in [2.05, 4.69) is 58.6 Å². The number of aliphatic hydroxyl groups excluding tert-OH is 1. The number of rotatable bonds is 31. The average molecular weight is 1240 g/mol. The van der Waals surface area contributed by atoms with Crippen molar-refractivity contribution in [2.75, 3.05) is 37.9 Å². The molecule has 0 aromatic heterocycles. The third-order valence-corrected chi connectivity index (χ3v) is 12.4. The van der Waals surface area contributed by atoms with Crippen LogP contribution in [-0.4, -0.2) is 114 Å². The number of carbonyl (C=O) groups is 6. The molecule has 0 fully saturated rings. The Bertz CT molecular complexity index is 1590. The van der Waals surface area contributed by atoms with Crippen LogP contribution in [0, 0.1) is 45.8 Å². The van der Waals surface area contributed by atoms with Gasteiger partial charge in [-0.15, -0.1) is 0 Å². The zero-order valence-electron chi connectivity index (χ0n) is 61.3. The number of ether oxygens (including phenoxy) is 6. The van der Waals surface area contributed by atoms with Crippen molar-refractivity contribution >= 4 is 47.1 Å². The van der Waals surface area contributed by atoms with E-state index in [1.165, 1.54) is 44.1 Å². The first-order valence-electron chi connectivity index (χ1n) is 32.4. The van der Waals surface area contributed by atoms with Crippen molar-refractivity contribution in [2.45, 2.75) is 333 Å². The van der Waals surface area contributed by atoms with E-state index in [9.17, 15) is 33.9 Å². The van der Waals surface area contributed by atoms with Crippen LogP contribution in [-0.2, 0) is 57.2 Å². The van der Waals surface area contributed by atoms with Gasteiger partial charge in [0, 0.05) is 56.6 Å². The summed E-state index contributed by atoms with van der Waals surface area (Å²) >= 11 is 2.13. The minimum atomic E-state index is -0.806. The zero-order valence-corrected chi connectivity index (χ0v) is 62.1. The van der Waals surface area contributed by atoms with Crippen LogP contribution in [0.5, 0.6) is 0 Å². The van der Waals surface area contributed by atoms with Gasteiger partial charge in [0.05, 0.1) is 48.0 Å². The molecule has 85 heavy (non-hydrogen) atoms. The molecule has 0 aliphatic rings. The highest BCUT2D eigenvalue weighted by molar-refractivity contribution is 7.99. The molecule has 0 spiro atoms. The Kier molecular flexibility index (Phi) is 55.2. The summed E-state index contributed by atoms with van der Waals surface area (Å²) in [4.78, 5) is 67.2. The normalized spacial score (nSPS) is 12.1. The van der Waals surface area contributed by atoms with E-state index in [0.29, 0.717) is 61.1 Å². The van der Waals surface area contributed by atoms with E-state index in [4.69, 9.17) is 28.4 Å². The first-order valence-corrected chi connectivity index (χ1v) is 33.5. The lowest BCUT2D eigenvalue weighted by Gasteiger charge is -2.25. The second-order valence-corrected chi connectivity index (χ2v) is 31.9. The lowest BCUT2D eigenvalue weighted by molar-refractivity contribution is -0.189. The number of unbranched alkanes of at least 4 members (excludes halogenated alkanes) is 4. The fourth-order valence-electron chi connectivity index (χ4n) is 6.14. The van der Waals surface area contributed by atoms with Gasteiger partial charge >= 0.3 is 17.9 Å². The Morgan fingerprint density at radius 3 is 1.08 bits per heavy atom. The van der Waals surface area contributed by atoms with E-state index in [1.54, 1.807) is 27.7 Å². The molecule has 0 saturated carbocycles. The fraction of sp³-hybridized carbons (Fsp3) is 0.914. The van der Waals surface area contributed by atoms with Gasteiger partial charge in [-0.1, -0.05) is 151 Å². The molecule has 510 valence electrons. The Morgan fingerprint density at radius 1 is 0.447 bits per heavy atom. The summed E-state index contributed by atoms with van der Waals surface area (Å²) in [6.07, 6.45) is 12.4.